The standard InChI is InChI=1S/C28H27N3O5/c1-17-25(27(32)36-16-18-9-11-19(33-2)12-10-18)26(21-14-13-20(34-3)15-24(21)35-4)31-23-8-6-5-7-22(23)30-28(31)29-17/h5-15,26H,16H2,1-4H3,(H,29,30)/t26-/m1/s1. The third-order valence-electron chi connectivity index (χ3n) is 6.31. The Labute approximate surface area is 209 Å². The Morgan fingerprint density at radius 2 is 1.67 bits per heavy atom. The zero-order valence-corrected chi connectivity index (χ0v) is 20.6. The highest BCUT2D eigenvalue weighted by molar-refractivity contribution is 5.94. The number of imidazole rings is 1. The minimum Gasteiger partial charge on any atom is -0.497 e. The van der Waals surface area contributed by atoms with Gasteiger partial charge in [0.25, 0.3) is 0 Å². The third-order valence-corrected chi connectivity index (χ3v) is 6.31. The molecule has 8 nitrogen and oxygen atoms in total. The van der Waals surface area contributed by atoms with Crippen molar-refractivity contribution in [2.75, 3.05) is 26.6 Å². The van der Waals surface area contributed by atoms with Crippen molar-refractivity contribution >= 4 is 23.0 Å². The number of ether oxygens (including phenoxy) is 4. The Bertz CT molecular complexity index is 1460. The van der Waals surface area contributed by atoms with E-state index in [0.717, 1.165) is 27.9 Å². The first-order valence-corrected chi connectivity index (χ1v) is 11.5. The number of hydrogen-bond acceptors (Lipinski definition) is 7. The molecule has 0 unspecified atom stereocenters. The van der Waals surface area contributed by atoms with Crippen LogP contribution in [0.4, 0.5) is 5.95 Å². The van der Waals surface area contributed by atoms with Crippen molar-refractivity contribution in [1.29, 1.82) is 0 Å². The zero-order chi connectivity index (χ0) is 25.2. The van der Waals surface area contributed by atoms with Gasteiger partial charge in [0.05, 0.1) is 44.0 Å². The molecule has 1 atom stereocenters. The SMILES string of the molecule is COc1ccc(COC(=O)C2=C(C)Nc3nc4ccccc4n3[C@@H]2c2ccc(OC)cc2OC)cc1. The maximum atomic E-state index is 13.6. The van der Waals surface area contributed by atoms with E-state index in [4.69, 9.17) is 23.9 Å². The van der Waals surface area contributed by atoms with Crippen molar-refractivity contribution < 1.29 is 23.7 Å². The zero-order valence-electron chi connectivity index (χ0n) is 20.6. The van der Waals surface area contributed by atoms with Crippen molar-refractivity contribution in [3.63, 3.8) is 0 Å². The van der Waals surface area contributed by atoms with Crippen molar-refractivity contribution in [3.05, 3.63) is 89.1 Å². The number of para-hydroxylation sites is 2. The lowest BCUT2D eigenvalue weighted by molar-refractivity contribution is -0.140. The number of methoxy groups -OCH3 is 3. The fourth-order valence-electron chi connectivity index (χ4n) is 4.52. The van der Waals surface area contributed by atoms with E-state index in [2.05, 4.69) is 5.32 Å². The summed E-state index contributed by atoms with van der Waals surface area (Å²) < 4.78 is 24.2. The van der Waals surface area contributed by atoms with Gasteiger partial charge in [-0.2, -0.15) is 0 Å². The molecule has 1 aliphatic heterocycles. The topological polar surface area (TPSA) is 83.8 Å². The summed E-state index contributed by atoms with van der Waals surface area (Å²) in [6, 6.07) is 20.3. The molecule has 1 N–H and O–H groups in total. The first-order valence-electron chi connectivity index (χ1n) is 11.5. The van der Waals surface area contributed by atoms with Gasteiger partial charge < -0.3 is 24.3 Å². The molecule has 0 amide bonds. The first kappa shape index (κ1) is 23.3. The minimum atomic E-state index is -0.530. The van der Waals surface area contributed by atoms with Gasteiger partial charge >= 0.3 is 5.97 Å². The van der Waals surface area contributed by atoms with Crippen LogP contribution >= 0.6 is 0 Å². The molecule has 1 aliphatic rings. The van der Waals surface area contributed by atoms with Crippen molar-refractivity contribution in [1.82, 2.24) is 9.55 Å². The minimum absolute atomic E-state index is 0.129. The Morgan fingerprint density at radius 1 is 0.944 bits per heavy atom. The van der Waals surface area contributed by atoms with Gasteiger partial charge in [-0.3, -0.25) is 4.57 Å². The number of carbonyl (C=O) groups is 1. The van der Waals surface area contributed by atoms with Crippen LogP contribution in [-0.4, -0.2) is 36.8 Å². The molecule has 0 saturated heterocycles. The van der Waals surface area contributed by atoms with Crippen LogP contribution in [0, 0.1) is 0 Å². The van der Waals surface area contributed by atoms with Crippen molar-refractivity contribution in [2.24, 2.45) is 0 Å². The van der Waals surface area contributed by atoms with E-state index in [-0.39, 0.29) is 6.61 Å². The molecule has 0 spiro atoms. The number of benzene rings is 3. The summed E-state index contributed by atoms with van der Waals surface area (Å²) in [6.45, 7) is 1.99. The van der Waals surface area contributed by atoms with Crippen molar-refractivity contribution in [3.8, 4) is 17.2 Å². The van der Waals surface area contributed by atoms with Crippen LogP contribution < -0.4 is 19.5 Å². The number of aromatic nitrogens is 2. The second kappa shape index (κ2) is 9.65. The van der Waals surface area contributed by atoms with Gasteiger partial charge in [-0.15, -0.1) is 0 Å². The second-order valence-electron chi connectivity index (χ2n) is 8.39. The molecular formula is C28H27N3O5. The molecule has 2 heterocycles. The number of rotatable bonds is 7. The number of nitrogens with one attached hydrogen (secondary N) is 1. The monoisotopic (exact) mass is 485 g/mol. The molecule has 8 heteroatoms. The lowest BCUT2D eigenvalue weighted by atomic mass is 9.94. The summed E-state index contributed by atoms with van der Waals surface area (Å²) >= 11 is 0. The summed E-state index contributed by atoms with van der Waals surface area (Å²) in [6.07, 6.45) is 0. The largest absolute Gasteiger partial charge is 0.497 e. The molecule has 0 saturated carbocycles. The number of nitrogens with zero attached hydrogens (tertiary/aromatic N) is 2. The summed E-state index contributed by atoms with van der Waals surface area (Å²) in [7, 11) is 4.82. The van der Waals surface area contributed by atoms with Crippen LogP contribution in [0.2, 0.25) is 0 Å². The lowest BCUT2D eigenvalue weighted by Crippen LogP contribution is -2.29. The van der Waals surface area contributed by atoms with E-state index < -0.39 is 12.0 Å². The number of carbonyl (C=O) groups excluding carboxylic acids is 1. The Balaban J connectivity index is 1.59. The highest BCUT2D eigenvalue weighted by Gasteiger charge is 2.36. The Morgan fingerprint density at radius 3 is 2.39 bits per heavy atom. The van der Waals surface area contributed by atoms with Gasteiger partial charge in [0, 0.05) is 17.3 Å². The van der Waals surface area contributed by atoms with E-state index in [0.29, 0.717) is 28.7 Å². The fourth-order valence-corrected chi connectivity index (χ4v) is 4.52. The van der Waals surface area contributed by atoms with Gasteiger partial charge in [-0.05, 0) is 48.9 Å². The molecule has 0 aliphatic carbocycles. The van der Waals surface area contributed by atoms with Crippen LogP contribution in [0.15, 0.2) is 78.0 Å². The lowest BCUT2D eigenvalue weighted by Gasteiger charge is -2.31. The number of allylic oxidation sites excluding steroid dienone is 1. The molecule has 0 bridgehead atoms. The van der Waals surface area contributed by atoms with E-state index in [1.54, 1.807) is 21.3 Å². The molecule has 1 aromatic heterocycles. The number of anilines is 1. The van der Waals surface area contributed by atoms with Crippen LogP contribution in [-0.2, 0) is 16.1 Å². The second-order valence-corrected chi connectivity index (χ2v) is 8.39. The molecule has 36 heavy (non-hydrogen) atoms. The molecule has 0 radical (unpaired) electrons. The smallest absolute Gasteiger partial charge is 0.338 e. The van der Waals surface area contributed by atoms with Gasteiger partial charge in [-0.1, -0.05) is 24.3 Å². The normalized spacial score (nSPS) is 14.7. The summed E-state index contributed by atoms with van der Waals surface area (Å²) in [4.78, 5) is 18.4. The fraction of sp³-hybridized carbons (Fsp3) is 0.214. The molecular weight excluding hydrogens is 458 g/mol. The summed E-state index contributed by atoms with van der Waals surface area (Å²) in [5.41, 5.74) is 4.50. The van der Waals surface area contributed by atoms with Gasteiger partial charge in [0.2, 0.25) is 5.95 Å². The number of esters is 1. The maximum Gasteiger partial charge on any atom is 0.338 e. The highest BCUT2D eigenvalue weighted by atomic mass is 16.5. The van der Waals surface area contributed by atoms with Crippen LogP contribution in [0.5, 0.6) is 17.2 Å². The van der Waals surface area contributed by atoms with Crippen LogP contribution in [0.3, 0.4) is 0 Å². The summed E-state index contributed by atoms with van der Waals surface area (Å²) in [5.74, 6) is 2.21. The average molecular weight is 486 g/mol. The molecule has 5 rings (SSSR count). The molecule has 0 fully saturated rings. The van der Waals surface area contributed by atoms with Crippen LogP contribution in [0.25, 0.3) is 11.0 Å². The average Bonchev–Trinajstić information content (AvgIpc) is 3.28. The van der Waals surface area contributed by atoms with E-state index >= 15 is 0 Å². The van der Waals surface area contributed by atoms with Gasteiger partial charge in [0.1, 0.15) is 23.9 Å². The van der Waals surface area contributed by atoms with Gasteiger partial charge in [-0.25, -0.2) is 9.78 Å². The van der Waals surface area contributed by atoms with E-state index in [1.165, 1.54) is 0 Å². The quantitative estimate of drug-likeness (QED) is 0.365. The third kappa shape index (κ3) is 4.11. The van der Waals surface area contributed by atoms with Crippen molar-refractivity contribution in [2.45, 2.75) is 19.6 Å². The Hall–Kier alpha value is -4.46. The molecule has 184 valence electrons. The molecule has 4 aromatic rings. The maximum absolute atomic E-state index is 13.6. The predicted molar refractivity (Wildman–Crippen MR) is 137 cm³/mol. The van der Waals surface area contributed by atoms with E-state index in [9.17, 15) is 4.79 Å². The first-order chi connectivity index (χ1) is 17.5. The predicted octanol–water partition coefficient (Wildman–Crippen LogP) is 5.09. The molecule has 3 aromatic carbocycles. The van der Waals surface area contributed by atoms with Crippen LogP contribution in [0.1, 0.15) is 24.1 Å². The van der Waals surface area contributed by atoms with E-state index in [1.807, 2.05) is 78.2 Å². The van der Waals surface area contributed by atoms with Gasteiger partial charge in [0.15, 0.2) is 0 Å². The Kier molecular flexibility index (Phi) is 6.25. The number of fused-ring (bicyclic) bond motifs is 3. The summed E-state index contributed by atoms with van der Waals surface area (Å²) in [5, 5.41) is 3.30. The number of hydrogen-bond donors (Lipinski definition) is 1. The highest BCUT2D eigenvalue weighted by Crippen LogP contribution is 2.43.